The van der Waals surface area contributed by atoms with Crippen LogP contribution in [0.3, 0.4) is 0 Å². The summed E-state index contributed by atoms with van der Waals surface area (Å²) in [7, 11) is 0. The summed E-state index contributed by atoms with van der Waals surface area (Å²) in [5, 5.41) is 2.14. The molecule has 2 N–H and O–H groups in total. The summed E-state index contributed by atoms with van der Waals surface area (Å²) in [4.78, 5) is 6.83. The summed E-state index contributed by atoms with van der Waals surface area (Å²) < 4.78 is 0. The highest BCUT2D eigenvalue weighted by molar-refractivity contribution is 7.07. The fraction of sp³-hybridized carbons (Fsp3) is 0.700. The average Bonchev–Trinajstić information content (AvgIpc) is 2.71. The van der Waals surface area contributed by atoms with Crippen LogP contribution in [-0.4, -0.2) is 29.0 Å². The Hall–Kier alpha value is -0.450. The second-order valence-corrected chi connectivity index (χ2v) is 4.68. The highest BCUT2D eigenvalue weighted by Gasteiger charge is 2.22. The Morgan fingerprint density at radius 3 is 2.86 bits per heavy atom. The second kappa shape index (κ2) is 4.38. The quantitative estimate of drug-likeness (QED) is 0.808. The molecule has 3 nitrogen and oxygen atoms in total. The molecule has 14 heavy (non-hydrogen) atoms. The molecule has 0 radical (unpaired) electrons. The number of piperidine rings is 1. The Morgan fingerprint density at radius 2 is 2.29 bits per heavy atom. The molecule has 0 aromatic carbocycles. The van der Waals surface area contributed by atoms with Crippen LogP contribution in [0.15, 0.2) is 10.9 Å². The van der Waals surface area contributed by atoms with Crippen molar-refractivity contribution in [2.45, 2.75) is 31.8 Å². The number of hydrogen-bond donors (Lipinski definition) is 1. The van der Waals surface area contributed by atoms with Crippen LogP contribution in [0, 0.1) is 0 Å². The van der Waals surface area contributed by atoms with Gasteiger partial charge in [-0.2, -0.15) is 0 Å². The van der Waals surface area contributed by atoms with Gasteiger partial charge in [0.25, 0.3) is 0 Å². The van der Waals surface area contributed by atoms with Crippen LogP contribution in [0.2, 0.25) is 0 Å². The molecule has 2 rings (SSSR count). The van der Waals surface area contributed by atoms with Crippen LogP contribution in [0.4, 0.5) is 0 Å². The fourth-order valence-corrected chi connectivity index (χ4v) is 2.56. The van der Waals surface area contributed by atoms with E-state index < -0.39 is 0 Å². The third-order valence-corrected chi connectivity index (χ3v) is 3.61. The minimum Gasteiger partial charge on any atom is -0.328 e. The van der Waals surface area contributed by atoms with E-state index in [1.807, 2.05) is 5.51 Å². The Morgan fingerprint density at radius 1 is 1.57 bits per heavy atom. The summed E-state index contributed by atoms with van der Waals surface area (Å²) in [5.41, 5.74) is 8.98. The molecule has 1 aliphatic rings. The van der Waals surface area contributed by atoms with Crippen molar-refractivity contribution >= 4 is 11.3 Å². The molecule has 1 saturated heterocycles. The van der Waals surface area contributed by atoms with Crippen LogP contribution in [0.1, 0.15) is 31.5 Å². The maximum absolute atomic E-state index is 5.88. The van der Waals surface area contributed by atoms with Crippen molar-refractivity contribution < 1.29 is 0 Å². The minimum atomic E-state index is 0.411. The number of nitrogens with two attached hydrogens (primary N) is 1. The first-order valence-corrected chi connectivity index (χ1v) is 6.09. The van der Waals surface area contributed by atoms with E-state index in [4.69, 9.17) is 5.73 Å². The van der Waals surface area contributed by atoms with E-state index in [0.717, 1.165) is 25.9 Å². The van der Waals surface area contributed by atoms with Gasteiger partial charge in [-0.15, -0.1) is 11.3 Å². The van der Waals surface area contributed by atoms with Gasteiger partial charge in [-0.05, 0) is 19.8 Å². The number of nitrogens with zero attached hydrogens (tertiary/aromatic N) is 2. The molecule has 0 spiro atoms. The zero-order valence-corrected chi connectivity index (χ0v) is 9.33. The molecule has 1 aliphatic heterocycles. The van der Waals surface area contributed by atoms with Crippen molar-refractivity contribution in [3.8, 4) is 0 Å². The zero-order chi connectivity index (χ0) is 9.97. The lowest BCUT2D eigenvalue weighted by Crippen LogP contribution is -2.40. The van der Waals surface area contributed by atoms with Crippen molar-refractivity contribution in [3.05, 3.63) is 16.6 Å². The molecule has 1 unspecified atom stereocenters. The molecule has 1 aromatic rings. The third-order valence-electron chi connectivity index (χ3n) is 3.00. The molecule has 1 fully saturated rings. The van der Waals surface area contributed by atoms with Gasteiger partial charge < -0.3 is 5.73 Å². The molecular weight excluding hydrogens is 194 g/mol. The predicted octanol–water partition coefficient (Wildman–Crippen LogP) is 1.63. The Bertz CT molecular complexity index is 265. The van der Waals surface area contributed by atoms with Gasteiger partial charge in [0.05, 0.1) is 17.2 Å². The van der Waals surface area contributed by atoms with Crippen LogP contribution in [-0.2, 0) is 0 Å². The number of thiazole rings is 1. The van der Waals surface area contributed by atoms with Crippen molar-refractivity contribution in [3.63, 3.8) is 0 Å². The molecule has 4 heteroatoms. The number of aromatic nitrogens is 1. The van der Waals surface area contributed by atoms with E-state index in [1.165, 1.54) is 5.69 Å². The van der Waals surface area contributed by atoms with E-state index in [2.05, 4.69) is 22.2 Å². The lowest BCUT2D eigenvalue weighted by atomic mass is 10.0. The Labute approximate surface area is 88.9 Å². The first kappa shape index (κ1) is 10.1. The molecule has 2 heterocycles. The first-order valence-electron chi connectivity index (χ1n) is 5.15. The van der Waals surface area contributed by atoms with Gasteiger partial charge in [-0.1, -0.05) is 0 Å². The van der Waals surface area contributed by atoms with E-state index in [-0.39, 0.29) is 0 Å². The van der Waals surface area contributed by atoms with Crippen LogP contribution < -0.4 is 5.73 Å². The van der Waals surface area contributed by atoms with Crippen molar-refractivity contribution in [2.24, 2.45) is 5.73 Å². The standard InChI is InChI=1S/C10H17N3S/c1-8(10-6-14-7-12-10)13-4-2-9(11)3-5-13/h6-9H,2-5,11H2,1H3. The SMILES string of the molecule is CC(c1cscn1)N1CCC(N)CC1. The van der Waals surface area contributed by atoms with E-state index in [9.17, 15) is 0 Å². The van der Waals surface area contributed by atoms with Gasteiger partial charge in [-0.3, -0.25) is 4.90 Å². The lowest BCUT2D eigenvalue weighted by molar-refractivity contribution is 0.161. The Kier molecular flexibility index (Phi) is 3.15. The first-order chi connectivity index (χ1) is 6.77. The van der Waals surface area contributed by atoms with Gasteiger partial charge >= 0.3 is 0 Å². The van der Waals surface area contributed by atoms with Crippen molar-refractivity contribution in [1.29, 1.82) is 0 Å². The van der Waals surface area contributed by atoms with Gasteiger partial charge in [0.15, 0.2) is 0 Å². The van der Waals surface area contributed by atoms with Gasteiger partial charge in [0, 0.05) is 24.5 Å². The molecule has 0 amide bonds. The van der Waals surface area contributed by atoms with Crippen molar-refractivity contribution in [2.75, 3.05) is 13.1 Å². The number of likely N-dealkylation sites (tertiary alicyclic amines) is 1. The predicted molar refractivity (Wildman–Crippen MR) is 59.3 cm³/mol. The van der Waals surface area contributed by atoms with E-state index in [1.54, 1.807) is 11.3 Å². The van der Waals surface area contributed by atoms with E-state index >= 15 is 0 Å². The van der Waals surface area contributed by atoms with Crippen LogP contribution >= 0.6 is 11.3 Å². The third kappa shape index (κ3) is 2.13. The fourth-order valence-electron chi connectivity index (χ4n) is 1.92. The zero-order valence-electron chi connectivity index (χ0n) is 8.52. The molecule has 78 valence electrons. The molecule has 0 bridgehead atoms. The summed E-state index contributed by atoms with van der Waals surface area (Å²) in [6, 6.07) is 0.864. The highest BCUT2D eigenvalue weighted by atomic mass is 32.1. The summed E-state index contributed by atoms with van der Waals surface area (Å²) in [6.07, 6.45) is 2.24. The number of hydrogen-bond acceptors (Lipinski definition) is 4. The largest absolute Gasteiger partial charge is 0.328 e. The smallest absolute Gasteiger partial charge is 0.0795 e. The topological polar surface area (TPSA) is 42.2 Å². The summed E-state index contributed by atoms with van der Waals surface area (Å²) in [6.45, 7) is 4.45. The van der Waals surface area contributed by atoms with Gasteiger partial charge in [-0.25, -0.2) is 4.98 Å². The molecule has 0 saturated carbocycles. The minimum absolute atomic E-state index is 0.411. The maximum Gasteiger partial charge on any atom is 0.0795 e. The molecule has 1 atom stereocenters. The number of rotatable bonds is 2. The summed E-state index contributed by atoms with van der Waals surface area (Å²) in [5.74, 6) is 0. The average molecular weight is 211 g/mol. The lowest BCUT2D eigenvalue weighted by Gasteiger charge is -2.34. The molecule has 0 aliphatic carbocycles. The van der Waals surface area contributed by atoms with Gasteiger partial charge in [0.1, 0.15) is 0 Å². The monoisotopic (exact) mass is 211 g/mol. The van der Waals surface area contributed by atoms with Crippen molar-refractivity contribution in [1.82, 2.24) is 9.88 Å². The maximum atomic E-state index is 5.88. The normalized spacial score (nSPS) is 22.4. The van der Waals surface area contributed by atoms with Crippen LogP contribution in [0.25, 0.3) is 0 Å². The molecular formula is C10H17N3S. The highest BCUT2D eigenvalue weighted by Crippen LogP contribution is 2.23. The van der Waals surface area contributed by atoms with Gasteiger partial charge in [0.2, 0.25) is 0 Å². The second-order valence-electron chi connectivity index (χ2n) is 3.96. The Balaban J connectivity index is 1.95. The summed E-state index contributed by atoms with van der Waals surface area (Å²) >= 11 is 1.67. The van der Waals surface area contributed by atoms with E-state index in [0.29, 0.717) is 12.1 Å². The van der Waals surface area contributed by atoms with Crippen LogP contribution in [0.5, 0.6) is 0 Å². The molecule has 1 aromatic heterocycles.